The molecule has 1 aliphatic heterocycles. The number of carbonyl (C=O) groups is 2. The summed E-state index contributed by atoms with van der Waals surface area (Å²) in [6.07, 6.45) is 0.282. The molecule has 1 heterocycles. The third kappa shape index (κ3) is 6.38. The lowest BCUT2D eigenvalue weighted by molar-refractivity contribution is -0.122. The molecule has 0 bridgehead atoms. The lowest BCUT2D eigenvalue weighted by Crippen LogP contribution is -2.49. The Bertz CT molecular complexity index is 499. The summed E-state index contributed by atoms with van der Waals surface area (Å²) in [5.74, 6) is -0.101. The van der Waals surface area contributed by atoms with Gasteiger partial charge in [0.1, 0.15) is 0 Å². The van der Waals surface area contributed by atoms with E-state index in [1.54, 1.807) is 0 Å². The molecule has 2 rings (SSSR count). The predicted octanol–water partition coefficient (Wildman–Crippen LogP) is 0.769. The summed E-state index contributed by atoms with van der Waals surface area (Å²) in [5.41, 5.74) is 0.776. The van der Waals surface area contributed by atoms with E-state index in [1.165, 1.54) is 0 Å². The third-order valence-electron chi connectivity index (χ3n) is 4.01. The molecule has 0 aromatic heterocycles. The smallest absolute Gasteiger partial charge is 0.234 e. The van der Waals surface area contributed by atoms with Crippen LogP contribution < -0.4 is 10.6 Å². The summed E-state index contributed by atoms with van der Waals surface area (Å²) in [6, 6.07) is 9.32. The molecule has 1 aromatic carbocycles. The molecule has 0 atom stereocenters. The number of hydrogen-bond donors (Lipinski definition) is 2. The van der Waals surface area contributed by atoms with Gasteiger partial charge in [0.25, 0.3) is 0 Å². The van der Waals surface area contributed by atoms with Crippen molar-refractivity contribution in [1.82, 2.24) is 15.1 Å². The molecule has 0 spiro atoms. The van der Waals surface area contributed by atoms with Crippen LogP contribution in [0.3, 0.4) is 0 Å². The number of benzene rings is 1. The quantitative estimate of drug-likeness (QED) is 0.779. The molecule has 0 saturated carbocycles. The average Bonchev–Trinajstić information content (AvgIpc) is 2.56. The van der Waals surface area contributed by atoms with Crippen LogP contribution in [-0.2, 0) is 9.59 Å². The van der Waals surface area contributed by atoms with Gasteiger partial charge in [0.15, 0.2) is 0 Å². The van der Waals surface area contributed by atoms with Gasteiger partial charge in [0, 0.05) is 44.8 Å². The van der Waals surface area contributed by atoms with Crippen molar-refractivity contribution in [3.63, 3.8) is 0 Å². The molecule has 126 valence electrons. The zero-order valence-electron chi connectivity index (χ0n) is 13.8. The van der Waals surface area contributed by atoms with E-state index in [1.807, 2.05) is 30.3 Å². The van der Waals surface area contributed by atoms with Gasteiger partial charge in [-0.05, 0) is 18.7 Å². The van der Waals surface area contributed by atoms with E-state index in [0.717, 1.165) is 38.4 Å². The number of nitrogens with zero attached hydrogens (tertiary/aromatic N) is 2. The fraction of sp³-hybridized carbons (Fsp3) is 0.529. The Morgan fingerprint density at radius 2 is 1.65 bits per heavy atom. The second kappa shape index (κ2) is 9.27. The molecule has 6 heteroatoms. The van der Waals surface area contributed by atoms with Crippen molar-refractivity contribution in [2.45, 2.75) is 13.3 Å². The second-order valence-electron chi connectivity index (χ2n) is 5.72. The van der Waals surface area contributed by atoms with Crippen molar-refractivity contribution in [3.05, 3.63) is 30.3 Å². The van der Waals surface area contributed by atoms with Crippen LogP contribution in [0.15, 0.2) is 30.3 Å². The monoisotopic (exact) mass is 318 g/mol. The van der Waals surface area contributed by atoms with Gasteiger partial charge >= 0.3 is 0 Å². The molecule has 1 fully saturated rings. The van der Waals surface area contributed by atoms with Gasteiger partial charge in [-0.1, -0.05) is 25.1 Å². The van der Waals surface area contributed by atoms with E-state index in [9.17, 15) is 9.59 Å². The highest BCUT2D eigenvalue weighted by atomic mass is 16.2. The van der Waals surface area contributed by atoms with Gasteiger partial charge < -0.3 is 15.5 Å². The number of piperazine rings is 1. The molecule has 0 radical (unpaired) electrons. The number of likely N-dealkylation sites (N-methyl/N-ethyl adjacent to an activating group) is 1. The first kappa shape index (κ1) is 17.4. The largest absolute Gasteiger partial charge is 0.354 e. The predicted molar refractivity (Wildman–Crippen MR) is 91.3 cm³/mol. The van der Waals surface area contributed by atoms with Crippen molar-refractivity contribution in [2.24, 2.45) is 0 Å². The Hall–Kier alpha value is -1.92. The lowest BCUT2D eigenvalue weighted by atomic mass is 10.3. The molecular weight excluding hydrogens is 292 g/mol. The van der Waals surface area contributed by atoms with E-state index in [4.69, 9.17) is 0 Å². The van der Waals surface area contributed by atoms with Gasteiger partial charge in [-0.15, -0.1) is 0 Å². The topological polar surface area (TPSA) is 64.7 Å². The third-order valence-corrected chi connectivity index (χ3v) is 4.01. The van der Waals surface area contributed by atoms with E-state index in [-0.39, 0.29) is 18.2 Å². The van der Waals surface area contributed by atoms with Crippen molar-refractivity contribution in [2.75, 3.05) is 51.1 Å². The SMILES string of the molecule is CCN1CCN(CC(=O)NCCC(=O)Nc2ccccc2)CC1. The number of hydrogen-bond acceptors (Lipinski definition) is 4. The Morgan fingerprint density at radius 3 is 2.30 bits per heavy atom. The minimum absolute atomic E-state index is 0.0116. The summed E-state index contributed by atoms with van der Waals surface area (Å²) in [6.45, 7) is 7.89. The normalized spacial score (nSPS) is 16.0. The van der Waals surface area contributed by atoms with E-state index in [2.05, 4.69) is 27.4 Å². The van der Waals surface area contributed by atoms with E-state index in [0.29, 0.717) is 13.1 Å². The summed E-state index contributed by atoms with van der Waals surface area (Å²) in [4.78, 5) is 28.2. The Morgan fingerprint density at radius 1 is 1.00 bits per heavy atom. The number of rotatable bonds is 7. The standard InChI is InChI=1S/C17H26N4O2/c1-2-20-10-12-21(13-11-20)14-17(23)18-9-8-16(22)19-15-6-4-3-5-7-15/h3-7H,2,8-14H2,1H3,(H,18,23)(H,19,22). The van der Waals surface area contributed by atoms with Crippen LogP contribution >= 0.6 is 0 Å². The molecule has 0 aliphatic carbocycles. The number of anilines is 1. The molecule has 2 amide bonds. The van der Waals surface area contributed by atoms with Crippen LogP contribution in [0.5, 0.6) is 0 Å². The minimum Gasteiger partial charge on any atom is -0.354 e. The van der Waals surface area contributed by atoms with Gasteiger partial charge in [-0.25, -0.2) is 0 Å². The molecule has 1 aliphatic rings. The number of para-hydroxylation sites is 1. The van der Waals surface area contributed by atoms with E-state index < -0.39 is 0 Å². The summed E-state index contributed by atoms with van der Waals surface area (Å²) in [5, 5.41) is 5.62. The Labute approximate surface area is 137 Å². The van der Waals surface area contributed by atoms with Crippen LogP contribution in [0, 0.1) is 0 Å². The lowest BCUT2D eigenvalue weighted by Gasteiger charge is -2.33. The highest BCUT2D eigenvalue weighted by molar-refractivity contribution is 5.91. The average molecular weight is 318 g/mol. The van der Waals surface area contributed by atoms with Crippen molar-refractivity contribution < 1.29 is 9.59 Å². The summed E-state index contributed by atoms with van der Waals surface area (Å²) >= 11 is 0. The first-order valence-corrected chi connectivity index (χ1v) is 8.23. The second-order valence-corrected chi connectivity index (χ2v) is 5.72. The minimum atomic E-state index is -0.0898. The number of carbonyl (C=O) groups excluding carboxylic acids is 2. The number of amides is 2. The maximum absolute atomic E-state index is 11.9. The van der Waals surface area contributed by atoms with Crippen molar-refractivity contribution in [1.29, 1.82) is 0 Å². The Kier molecular flexibility index (Phi) is 7.03. The molecular formula is C17H26N4O2. The van der Waals surface area contributed by atoms with Crippen molar-refractivity contribution in [3.8, 4) is 0 Å². The highest BCUT2D eigenvalue weighted by Crippen LogP contribution is 2.05. The van der Waals surface area contributed by atoms with Gasteiger partial charge in [0.2, 0.25) is 11.8 Å². The number of nitrogens with one attached hydrogen (secondary N) is 2. The van der Waals surface area contributed by atoms with Crippen LogP contribution in [0.25, 0.3) is 0 Å². The van der Waals surface area contributed by atoms with Crippen LogP contribution in [0.1, 0.15) is 13.3 Å². The molecule has 0 unspecified atom stereocenters. The van der Waals surface area contributed by atoms with Crippen LogP contribution in [-0.4, -0.2) is 67.4 Å². The van der Waals surface area contributed by atoms with Crippen LogP contribution in [0.4, 0.5) is 5.69 Å². The fourth-order valence-corrected chi connectivity index (χ4v) is 2.58. The molecule has 6 nitrogen and oxygen atoms in total. The zero-order chi connectivity index (χ0) is 16.5. The van der Waals surface area contributed by atoms with E-state index >= 15 is 0 Å². The summed E-state index contributed by atoms with van der Waals surface area (Å²) in [7, 11) is 0. The molecule has 1 aromatic rings. The maximum atomic E-state index is 11.9. The first-order chi connectivity index (χ1) is 11.2. The highest BCUT2D eigenvalue weighted by Gasteiger charge is 2.17. The van der Waals surface area contributed by atoms with Crippen molar-refractivity contribution >= 4 is 17.5 Å². The van der Waals surface area contributed by atoms with Gasteiger partial charge in [-0.3, -0.25) is 14.5 Å². The van der Waals surface area contributed by atoms with Gasteiger partial charge in [0.05, 0.1) is 6.54 Å². The zero-order valence-corrected chi connectivity index (χ0v) is 13.8. The summed E-state index contributed by atoms with van der Waals surface area (Å²) < 4.78 is 0. The Balaban J connectivity index is 1.58. The molecule has 2 N–H and O–H groups in total. The molecule has 23 heavy (non-hydrogen) atoms. The van der Waals surface area contributed by atoms with Crippen LogP contribution in [0.2, 0.25) is 0 Å². The maximum Gasteiger partial charge on any atom is 0.234 e. The van der Waals surface area contributed by atoms with Gasteiger partial charge in [-0.2, -0.15) is 0 Å². The fourth-order valence-electron chi connectivity index (χ4n) is 2.58. The first-order valence-electron chi connectivity index (χ1n) is 8.23. The molecule has 1 saturated heterocycles.